The van der Waals surface area contributed by atoms with Gasteiger partial charge in [-0.3, -0.25) is 9.69 Å². The molecule has 0 bridgehead atoms. The van der Waals surface area contributed by atoms with Gasteiger partial charge in [-0.1, -0.05) is 0 Å². The summed E-state index contributed by atoms with van der Waals surface area (Å²) in [6, 6.07) is 3.59. The zero-order valence-electron chi connectivity index (χ0n) is 15.1. The van der Waals surface area contributed by atoms with E-state index >= 15 is 0 Å². The number of carbonyl (C=O) groups is 1. The first-order valence-corrected chi connectivity index (χ1v) is 9.25. The molecule has 0 aromatic carbocycles. The highest BCUT2D eigenvalue weighted by molar-refractivity contribution is 5.91. The van der Waals surface area contributed by atoms with E-state index in [9.17, 15) is 9.90 Å². The van der Waals surface area contributed by atoms with Crippen LogP contribution in [-0.2, 0) is 6.54 Å². The molecule has 0 aliphatic carbocycles. The van der Waals surface area contributed by atoms with Crippen LogP contribution in [0.1, 0.15) is 35.6 Å². The Morgan fingerprint density at radius 1 is 1.28 bits per heavy atom. The maximum absolute atomic E-state index is 12.3. The van der Waals surface area contributed by atoms with Crippen molar-refractivity contribution in [1.29, 1.82) is 0 Å². The third kappa shape index (κ3) is 5.28. The largest absolute Gasteiger partial charge is 0.455 e. The molecule has 2 aliphatic heterocycles. The molecule has 2 fully saturated rings. The minimum atomic E-state index is -0.825. The Labute approximate surface area is 149 Å². The first-order chi connectivity index (χ1) is 12.0. The third-order valence-electron chi connectivity index (χ3n) is 5.20. The second-order valence-corrected chi connectivity index (χ2v) is 7.36. The molecule has 7 heteroatoms. The van der Waals surface area contributed by atoms with Crippen molar-refractivity contribution in [1.82, 2.24) is 20.4 Å². The maximum atomic E-state index is 12.3. The zero-order valence-corrected chi connectivity index (χ0v) is 15.1. The van der Waals surface area contributed by atoms with Crippen molar-refractivity contribution in [2.75, 3.05) is 52.9 Å². The quantitative estimate of drug-likeness (QED) is 0.707. The normalized spacial score (nSPS) is 26.3. The fraction of sp³-hybridized carbons (Fsp3) is 0.722. The van der Waals surface area contributed by atoms with Crippen LogP contribution in [0.2, 0.25) is 0 Å². The first kappa shape index (κ1) is 18.4. The zero-order chi connectivity index (χ0) is 17.7. The smallest absolute Gasteiger partial charge is 0.287 e. The molecule has 1 atom stereocenters. The predicted octanol–water partition coefficient (Wildman–Crippen LogP) is 0.261. The SMILES string of the molecule is CN1CCN(Cc2ccc(C(=O)NC[C@]3(O)CCCNCC3)o2)CC1. The Bertz CT molecular complexity index is 558. The number of hydrogen-bond acceptors (Lipinski definition) is 6. The average molecular weight is 350 g/mol. The van der Waals surface area contributed by atoms with E-state index in [1.807, 2.05) is 6.07 Å². The van der Waals surface area contributed by atoms with Crippen molar-refractivity contribution in [2.24, 2.45) is 0 Å². The summed E-state index contributed by atoms with van der Waals surface area (Å²) in [6.45, 7) is 6.84. The second-order valence-electron chi connectivity index (χ2n) is 7.36. The van der Waals surface area contributed by atoms with Gasteiger partial charge in [0.1, 0.15) is 5.76 Å². The number of furan rings is 1. The molecule has 1 aromatic heterocycles. The Balaban J connectivity index is 1.48. The lowest BCUT2D eigenvalue weighted by Gasteiger charge is -2.31. The van der Waals surface area contributed by atoms with E-state index in [0.29, 0.717) is 18.6 Å². The highest BCUT2D eigenvalue weighted by Gasteiger charge is 2.29. The van der Waals surface area contributed by atoms with E-state index in [0.717, 1.165) is 58.0 Å². The van der Waals surface area contributed by atoms with Gasteiger partial charge < -0.3 is 25.1 Å². The van der Waals surface area contributed by atoms with E-state index in [2.05, 4.69) is 27.5 Å². The molecule has 1 amide bonds. The number of rotatable bonds is 5. The van der Waals surface area contributed by atoms with E-state index in [-0.39, 0.29) is 12.5 Å². The Morgan fingerprint density at radius 2 is 2.08 bits per heavy atom. The van der Waals surface area contributed by atoms with Gasteiger partial charge in [0.25, 0.3) is 5.91 Å². The van der Waals surface area contributed by atoms with Crippen LogP contribution in [-0.4, -0.2) is 79.3 Å². The summed E-state index contributed by atoms with van der Waals surface area (Å²) in [5, 5.41) is 16.7. The molecule has 140 valence electrons. The van der Waals surface area contributed by atoms with Gasteiger partial charge >= 0.3 is 0 Å². The van der Waals surface area contributed by atoms with Crippen LogP contribution in [0, 0.1) is 0 Å². The van der Waals surface area contributed by atoms with Crippen molar-refractivity contribution in [3.63, 3.8) is 0 Å². The van der Waals surface area contributed by atoms with Gasteiger partial charge in [0.2, 0.25) is 0 Å². The van der Waals surface area contributed by atoms with Gasteiger partial charge in [-0.2, -0.15) is 0 Å². The molecular formula is C18H30N4O3. The summed E-state index contributed by atoms with van der Waals surface area (Å²) in [4.78, 5) is 17.0. The molecule has 3 N–H and O–H groups in total. The van der Waals surface area contributed by atoms with Crippen molar-refractivity contribution in [2.45, 2.75) is 31.4 Å². The highest BCUT2D eigenvalue weighted by Crippen LogP contribution is 2.19. The Morgan fingerprint density at radius 3 is 2.88 bits per heavy atom. The lowest BCUT2D eigenvalue weighted by Crippen LogP contribution is -2.43. The number of likely N-dealkylation sites (N-methyl/N-ethyl adjacent to an activating group) is 1. The molecule has 3 heterocycles. The maximum Gasteiger partial charge on any atom is 0.287 e. The minimum Gasteiger partial charge on any atom is -0.455 e. The molecular weight excluding hydrogens is 320 g/mol. The van der Waals surface area contributed by atoms with Crippen LogP contribution in [0.25, 0.3) is 0 Å². The average Bonchev–Trinajstić information content (AvgIpc) is 2.96. The summed E-state index contributed by atoms with van der Waals surface area (Å²) in [5.74, 6) is 0.877. The van der Waals surface area contributed by atoms with Gasteiger partial charge in [0.15, 0.2) is 5.76 Å². The van der Waals surface area contributed by atoms with Crippen molar-refractivity contribution in [3.05, 3.63) is 23.7 Å². The summed E-state index contributed by atoms with van der Waals surface area (Å²) in [5.41, 5.74) is -0.825. The van der Waals surface area contributed by atoms with E-state index in [1.165, 1.54) is 0 Å². The molecule has 0 radical (unpaired) electrons. The van der Waals surface area contributed by atoms with Crippen LogP contribution in [0.15, 0.2) is 16.5 Å². The topological polar surface area (TPSA) is 81.0 Å². The Kier molecular flexibility index (Phi) is 6.11. The lowest BCUT2D eigenvalue weighted by molar-refractivity contribution is 0.0271. The van der Waals surface area contributed by atoms with Gasteiger partial charge in [0.05, 0.1) is 12.1 Å². The summed E-state index contributed by atoms with van der Waals surface area (Å²) in [6.07, 6.45) is 2.27. The fourth-order valence-corrected chi connectivity index (χ4v) is 3.43. The number of aliphatic hydroxyl groups is 1. The molecule has 3 rings (SSSR count). The minimum absolute atomic E-state index is 0.254. The molecule has 0 spiro atoms. The number of hydrogen-bond donors (Lipinski definition) is 3. The summed E-state index contributed by atoms with van der Waals surface area (Å²) >= 11 is 0. The first-order valence-electron chi connectivity index (χ1n) is 9.25. The monoisotopic (exact) mass is 350 g/mol. The molecule has 0 unspecified atom stereocenters. The molecule has 0 saturated carbocycles. The molecule has 1 aromatic rings. The Hall–Kier alpha value is -1.41. The van der Waals surface area contributed by atoms with Crippen LogP contribution >= 0.6 is 0 Å². The van der Waals surface area contributed by atoms with Crippen LogP contribution in [0.4, 0.5) is 0 Å². The van der Waals surface area contributed by atoms with E-state index < -0.39 is 5.60 Å². The predicted molar refractivity (Wildman–Crippen MR) is 95.5 cm³/mol. The van der Waals surface area contributed by atoms with E-state index in [1.54, 1.807) is 6.07 Å². The van der Waals surface area contributed by atoms with Gasteiger partial charge in [0, 0.05) is 32.7 Å². The summed E-state index contributed by atoms with van der Waals surface area (Å²) in [7, 11) is 2.13. The number of nitrogens with one attached hydrogen (secondary N) is 2. The standard InChI is InChI=1S/C18H30N4O3/c1-21-9-11-22(12-10-21)13-15-3-4-16(25-15)17(23)20-14-18(24)5-2-7-19-8-6-18/h3-4,19,24H,2,5-14H2,1H3,(H,20,23)/t18-/m0/s1. The van der Waals surface area contributed by atoms with Gasteiger partial charge in [-0.05, 0) is 51.5 Å². The molecule has 2 aliphatic rings. The number of piperazine rings is 1. The summed E-state index contributed by atoms with van der Waals surface area (Å²) < 4.78 is 5.71. The van der Waals surface area contributed by atoms with Crippen molar-refractivity contribution < 1.29 is 14.3 Å². The van der Waals surface area contributed by atoms with Crippen LogP contribution in [0.5, 0.6) is 0 Å². The number of amides is 1. The third-order valence-corrected chi connectivity index (χ3v) is 5.20. The van der Waals surface area contributed by atoms with Gasteiger partial charge in [-0.25, -0.2) is 0 Å². The second kappa shape index (κ2) is 8.31. The highest BCUT2D eigenvalue weighted by atomic mass is 16.4. The number of nitrogens with zero attached hydrogens (tertiary/aromatic N) is 2. The fourth-order valence-electron chi connectivity index (χ4n) is 3.43. The number of carbonyl (C=O) groups excluding carboxylic acids is 1. The van der Waals surface area contributed by atoms with Crippen molar-refractivity contribution in [3.8, 4) is 0 Å². The van der Waals surface area contributed by atoms with Crippen molar-refractivity contribution >= 4 is 5.91 Å². The van der Waals surface area contributed by atoms with Crippen LogP contribution in [0.3, 0.4) is 0 Å². The lowest BCUT2D eigenvalue weighted by atomic mass is 9.95. The van der Waals surface area contributed by atoms with E-state index in [4.69, 9.17) is 4.42 Å². The molecule has 2 saturated heterocycles. The van der Waals surface area contributed by atoms with Crippen LogP contribution < -0.4 is 10.6 Å². The molecule has 25 heavy (non-hydrogen) atoms. The molecule has 7 nitrogen and oxygen atoms in total. The van der Waals surface area contributed by atoms with Gasteiger partial charge in [-0.15, -0.1) is 0 Å².